The maximum absolute atomic E-state index is 2.42. The second-order valence-electron chi connectivity index (χ2n) is 5.69. The first kappa shape index (κ1) is 12.1. The predicted octanol–water partition coefficient (Wildman–Crippen LogP) is 4.74. The van der Waals surface area contributed by atoms with Crippen LogP contribution in [0.2, 0.25) is 0 Å². The molecule has 0 aromatic heterocycles. The van der Waals surface area contributed by atoms with E-state index in [4.69, 9.17) is 0 Å². The molecular weight excluding hydrogens is 168 g/mol. The highest BCUT2D eigenvalue weighted by molar-refractivity contribution is 4.98. The predicted molar refractivity (Wildman–Crippen MR) is 64.3 cm³/mol. The molecule has 0 amide bonds. The lowest BCUT2D eigenvalue weighted by Crippen LogP contribution is -1.98. The Hall–Kier alpha value is 0. The second kappa shape index (κ2) is 5.19. The van der Waals surface area contributed by atoms with Crippen LogP contribution in [0.15, 0.2) is 0 Å². The van der Waals surface area contributed by atoms with Crippen LogP contribution < -0.4 is 0 Å². The second-order valence-corrected chi connectivity index (χ2v) is 5.69. The van der Waals surface area contributed by atoms with E-state index in [1.54, 1.807) is 0 Å². The first-order valence-corrected chi connectivity index (χ1v) is 6.61. The smallest absolute Gasteiger partial charge is 0.0329 e. The molecule has 4 atom stereocenters. The van der Waals surface area contributed by atoms with Crippen molar-refractivity contribution in [1.29, 1.82) is 0 Å². The molecule has 1 fully saturated rings. The molecule has 0 aromatic rings. The summed E-state index contributed by atoms with van der Waals surface area (Å²) in [5.74, 6) is 5.08. The maximum Gasteiger partial charge on any atom is -0.0329 e. The third-order valence-corrected chi connectivity index (χ3v) is 4.16. The Balaban J connectivity index is 2.37. The molecule has 0 N–H and O–H groups in total. The molecule has 0 bridgehead atoms. The lowest BCUT2D eigenvalue weighted by molar-refractivity contribution is 0.429. The van der Waals surface area contributed by atoms with Gasteiger partial charge in [-0.3, -0.25) is 0 Å². The number of rotatable bonds is 6. The van der Waals surface area contributed by atoms with Crippen LogP contribution in [0.3, 0.4) is 0 Å². The molecule has 0 spiro atoms. The van der Waals surface area contributed by atoms with E-state index in [2.05, 4.69) is 34.6 Å². The van der Waals surface area contributed by atoms with Crippen molar-refractivity contribution in [3.63, 3.8) is 0 Å². The zero-order valence-corrected chi connectivity index (χ0v) is 10.7. The average molecular weight is 196 g/mol. The Labute approximate surface area is 90.5 Å². The van der Waals surface area contributed by atoms with Crippen molar-refractivity contribution in [3.05, 3.63) is 0 Å². The van der Waals surface area contributed by atoms with Gasteiger partial charge in [0.15, 0.2) is 0 Å². The van der Waals surface area contributed by atoms with E-state index in [9.17, 15) is 0 Å². The van der Waals surface area contributed by atoms with Gasteiger partial charge in [0.2, 0.25) is 0 Å². The molecule has 1 aliphatic rings. The van der Waals surface area contributed by atoms with Crippen molar-refractivity contribution in [2.75, 3.05) is 0 Å². The van der Waals surface area contributed by atoms with Crippen LogP contribution >= 0.6 is 0 Å². The lowest BCUT2D eigenvalue weighted by Gasteiger charge is -2.08. The fourth-order valence-corrected chi connectivity index (χ4v) is 3.17. The summed E-state index contributed by atoms with van der Waals surface area (Å²) in [7, 11) is 0. The maximum atomic E-state index is 2.42. The fraction of sp³-hybridized carbons (Fsp3) is 1.00. The van der Waals surface area contributed by atoms with Crippen molar-refractivity contribution in [1.82, 2.24) is 0 Å². The highest BCUT2D eigenvalue weighted by Gasteiger charge is 2.49. The summed E-state index contributed by atoms with van der Waals surface area (Å²) in [4.78, 5) is 0. The Bertz CT molecular complexity index is 159. The van der Waals surface area contributed by atoms with Gasteiger partial charge < -0.3 is 0 Å². The summed E-state index contributed by atoms with van der Waals surface area (Å²) < 4.78 is 0. The molecule has 0 aromatic carbocycles. The van der Waals surface area contributed by atoms with Gasteiger partial charge in [0.05, 0.1) is 0 Å². The number of hydrogen-bond acceptors (Lipinski definition) is 0. The van der Waals surface area contributed by atoms with Gasteiger partial charge in [-0.15, -0.1) is 0 Å². The minimum absolute atomic E-state index is 0.917. The van der Waals surface area contributed by atoms with Crippen LogP contribution in [0.4, 0.5) is 0 Å². The lowest BCUT2D eigenvalue weighted by atomic mass is 9.98. The van der Waals surface area contributed by atoms with Crippen LogP contribution in [0, 0.1) is 29.6 Å². The Morgan fingerprint density at radius 1 is 1.00 bits per heavy atom. The molecule has 1 saturated carbocycles. The van der Waals surface area contributed by atoms with E-state index in [0.29, 0.717) is 0 Å². The highest BCUT2D eigenvalue weighted by Crippen LogP contribution is 2.56. The molecule has 0 heterocycles. The van der Waals surface area contributed by atoms with Crippen molar-refractivity contribution < 1.29 is 0 Å². The quantitative estimate of drug-likeness (QED) is 0.575. The van der Waals surface area contributed by atoms with Crippen LogP contribution in [-0.4, -0.2) is 0 Å². The van der Waals surface area contributed by atoms with Gasteiger partial charge in [-0.2, -0.15) is 0 Å². The van der Waals surface area contributed by atoms with E-state index < -0.39 is 0 Å². The highest BCUT2D eigenvalue weighted by atomic mass is 14.5. The van der Waals surface area contributed by atoms with E-state index in [1.807, 2.05) is 0 Å². The third-order valence-electron chi connectivity index (χ3n) is 4.16. The third kappa shape index (κ3) is 2.74. The molecule has 1 aliphatic carbocycles. The van der Waals surface area contributed by atoms with E-state index >= 15 is 0 Å². The van der Waals surface area contributed by atoms with Gasteiger partial charge in [0, 0.05) is 0 Å². The molecule has 84 valence electrons. The topological polar surface area (TPSA) is 0 Å². The molecular formula is C14H28. The van der Waals surface area contributed by atoms with E-state index in [0.717, 1.165) is 29.6 Å². The van der Waals surface area contributed by atoms with E-state index in [-0.39, 0.29) is 0 Å². The summed E-state index contributed by atoms with van der Waals surface area (Å²) in [5, 5.41) is 0. The van der Waals surface area contributed by atoms with Gasteiger partial charge in [-0.25, -0.2) is 0 Å². The molecule has 4 unspecified atom stereocenters. The van der Waals surface area contributed by atoms with Gasteiger partial charge in [0.25, 0.3) is 0 Å². The zero-order valence-electron chi connectivity index (χ0n) is 10.7. The number of hydrogen-bond donors (Lipinski definition) is 0. The molecule has 0 nitrogen and oxygen atoms in total. The molecule has 0 heteroatoms. The monoisotopic (exact) mass is 196 g/mol. The molecule has 0 saturated heterocycles. The summed E-state index contributed by atoms with van der Waals surface area (Å²) in [6.07, 6.45) is 5.71. The van der Waals surface area contributed by atoms with Gasteiger partial charge in [-0.1, -0.05) is 53.9 Å². The normalized spacial score (nSPS) is 33.4. The molecule has 14 heavy (non-hydrogen) atoms. The Morgan fingerprint density at radius 3 is 2.07 bits per heavy atom. The van der Waals surface area contributed by atoms with Crippen LogP contribution in [0.5, 0.6) is 0 Å². The first-order chi connectivity index (χ1) is 6.61. The van der Waals surface area contributed by atoms with Crippen LogP contribution in [0.25, 0.3) is 0 Å². The van der Waals surface area contributed by atoms with Gasteiger partial charge in [0.1, 0.15) is 0 Å². The summed E-state index contributed by atoms with van der Waals surface area (Å²) in [5.41, 5.74) is 0. The standard InChI is InChI=1S/C14H28/c1-6-8-12-13(9-11(5)7-2)14(12)10(3)4/h10-14H,6-9H2,1-5H3. The van der Waals surface area contributed by atoms with Crippen molar-refractivity contribution in [2.45, 2.75) is 60.3 Å². The summed E-state index contributed by atoms with van der Waals surface area (Å²) >= 11 is 0. The largest absolute Gasteiger partial charge is 0.0654 e. The molecule has 1 rings (SSSR count). The van der Waals surface area contributed by atoms with Crippen molar-refractivity contribution >= 4 is 0 Å². The van der Waals surface area contributed by atoms with Gasteiger partial charge in [-0.05, 0) is 36.0 Å². The van der Waals surface area contributed by atoms with E-state index in [1.165, 1.54) is 25.7 Å². The average Bonchev–Trinajstić information content (AvgIpc) is 2.79. The molecule has 0 aliphatic heterocycles. The van der Waals surface area contributed by atoms with Crippen molar-refractivity contribution in [3.8, 4) is 0 Å². The summed E-state index contributed by atoms with van der Waals surface area (Å²) in [6, 6.07) is 0. The van der Waals surface area contributed by atoms with Gasteiger partial charge >= 0.3 is 0 Å². The minimum Gasteiger partial charge on any atom is -0.0654 e. The first-order valence-electron chi connectivity index (χ1n) is 6.61. The summed E-state index contributed by atoms with van der Waals surface area (Å²) in [6.45, 7) is 11.9. The minimum atomic E-state index is 0.917. The fourth-order valence-electron chi connectivity index (χ4n) is 3.17. The van der Waals surface area contributed by atoms with Crippen molar-refractivity contribution in [2.24, 2.45) is 29.6 Å². The molecule has 0 radical (unpaired) electrons. The Morgan fingerprint density at radius 2 is 1.64 bits per heavy atom. The SMILES string of the molecule is CCCC1C(CC(C)CC)C1C(C)C. The Kier molecular flexibility index (Phi) is 4.47. The van der Waals surface area contributed by atoms with Crippen LogP contribution in [0.1, 0.15) is 60.3 Å². The zero-order chi connectivity index (χ0) is 10.7. The van der Waals surface area contributed by atoms with Crippen LogP contribution in [-0.2, 0) is 0 Å².